The van der Waals surface area contributed by atoms with Crippen LogP contribution in [0.25, 0.3) is 0 Å². The monoisotopic (exact) mass is 194 g/mol. The molecule has 2 atom stereocenters. The lowest BCUT2D eigenvalue weighted by Crippen LogP contribution is -2.14. The average molecular weight is 194 g/mol. The van der Waals surface area contributed by atoms with E-state index in [1.807, 2.05) is 0 Å². The number of H-pyrrole nitrogens is 1. The molecule has 0 amide bonds. The first kappa shape index (κ1) is 9.65. The van der Waals surface area contributed by atoms with E-state index in [4.69, 9.17) is 5.73 Å². The maximum atomic E-state index is 5.86. The Hall–Kier alpha value is -0.900. The Morgan fingerprint density at radius 1 is 1.50 bits per heavy atom. The molecule has 0 bridgehead atoms. The van der Waals surface area contributed by atoms with Gasteiger partial charge in [-0.15, -0.1) is 0 Å². The van der Waals surface area contributed by atoms with Crippen LogP contribution in [0.4, 0.5) is 0 Å². The van der Waals surface area contributed by atoms with Crippen LogP contribution in [0.15, 0.2) is 0 Å². The van der Waals surface area contributed by atoms with Gasteiger partial charge in [0.15, 0.2) is 5.82 Å². The smallest absolute Gasteiger partial charge is 0.153 e. The maximum Gasteiger partial charge on any atom is 0.153 e. The number of nitrogens with one attached hydrogen (secondary N) is 1. The van der Waals surface area contributed by atoms with Gasteiger partial charge < -0.3 is 5.73 Å². The van der Waals surface area contributed by atoms with Gasteiger partial charge in [0, 0.05) is 18.4 Å². The summed E-state index contributed by atoms with van der Waals surface area (Å²) in [6.07, 6.45) is 5.40. The summed E-state index contributed by atoms with van der Waals surface area (Å²) in [5, 5.41) is 7.26. The molecule has 1 saturated carbocycles. The lowest BCUT2D eigenvalue weighted by Gasteiger charge is -2.02. The summed E-state index contributed by atoms with van der Waals surface area (Å²) in [6, 6.07) is 0.355. The van der Waals surface area contributed by atoms with Crippen molar-refractivity contribution in [3.63, 3.8) is 0 Å². The van der Waals surface area contributed by atoms with E-state index >= 15 is 0 Å². The van der Waals surface area contributed by atoms with E-state index in [1.54, 1.807) is 0 Å². The number of aromatic nitrogens is 3. The van der Waals surface area contributed by atoms with Crippen LogP contribution in [0.1, 0.15) is 50.2 Å². The molecule has 1 aromatic rings. The standard InChI is InChI=1S/C10H18N4/c1-2-3-9-12-10(14-13-9)7-4-5-8(11)6-7/h7-8H,2-6,11H2,1H3,(H,12,13,14)/t7-,8+/m1/s1. The zero-order valence-electron chi connectivity index (χ0n) is 8.66. The molecule has 1 aliphatic rings. The molecular weight excluding hydrogens is 176 g/mol. The van der Waals surface area contributed by atoms with E-state index in [0.29, 0.717) is 12.0 Å². The molecular formula is C10H18N4. The van der Waals surface area contributed by atoms with Crippen molar-refractivity contribution in [1.29, 1.82) is 0 Å². The van der Waals surface area contributed by atoms with Gasteiger partial charge in [-0.1, -0.05) is 6.92 Å². The van der Waals surface area contributed by atoms with Crippen LogP contribution in [0.5, 0.6) is 0 Å². The highest BCUT2D eigenvalue weighted by Crippen LogP contribution is 2.31. The zero-order chi connectivity index (χ0) is 9.97. The third kappa shape index (κ3) is 1.95. The Kier molecular flexibility index (Phi) is 2.82. The number of aryl methyl sites for hydroxylation is 1. The summed E-state index contributed by atoms with van der Waals surface area (Å²) in [5.74, 6) is 2.48. The van der Waals surface area contributed by atoms with E-state index in [2.05, 4.69) is 22.1 Å². The van der Waals surface area contributed by atoms with E-state index in [0.717, 1.165) is 43.8 Å². The Morgan fingerprint density at radius 2 is 2.36 bits per heavy atom. The topological polar surface area (TPSA) is 67.6 Å². The number of nitrogens with two attached hydrogens (primary N) is 1. The van der Waals surface area contributed by atoms with Gasteiger partial charge in [-0.05, 0) is 25.7 Å². The SMILES string of the molecule is CCCc1nc([C@@H]2CC[C@H](N)C2)n[nH]1. The van der Waals surface area contributed by atoms with Crippen molar-refractivity contribution in [2.45, 2.75) is 51.0 Å². The second kappa shape index (κ2) is 4.09. The predicted molar refractivity (Wildman–Crippen MR) is 54.9 cm³/mol. The fraction of sp³-hybridized carbons (Fsp3) is 0.800. The van der Waals surface area contributed by atoms with Crippen LogP contribution in [-0.2, 0) is 6.42 Å². The molecule has 1 heterocycles. The molecule has 1 aromatic heterocycles. The Morgan fingerprint density at radius 3 is 3.00 bits per heavy atom. The molecule has 3 N–H and O–H groups in total. The summed E-state index contributed by atoms with van der Waals surface area (Å²) < 4.78 is 0. The van der Waals surface area contributed by atoms with Crippen molar-refractivity contribution in [1.82, 2.24) is 15.2 Å². The van der Waals surface area contributed by atoms with Crippen molar-refractivity contribution in [3.05, 3.63) is 11.6 Å². The highest BCUT2D eigenvalue weighted by Gasteiger charge is 2.26. The first-order chi connectivity index (χ1) is 6.79. The van der Waals surface area contributed by atoms with E-state index in [9.17, 15) is 0 Å². The summed E-state index contributed by atoms with van der Waals surface area (Å²) in [5.41, 5.74) is 5.86. The molecule has 0 radical (unpaired) electrons. The Labute approximate surface area is 84.3 Å². The molecule has 78 valence electrons. The first-order valence-corrected chi connectivity index (χ1v) is 5.46. The largest absolute Gasteiger partial charge is 0.328 e. The third-order valence-corrected chi connectivity index (χ3v) is 2.87. The minimum atomic E-state index is 0.355. The van der Waals surface area contributed by atoms with Gasteiger partial charge in [0.2, 0.25) is 0 Å². The molecule has 0 unspecified atom stereocenters. The molecule has 0 spiro atoms. The molecule has 0 aliphatic heterocycles. The average Bonchev–Trinajstić information content (AvgIpc) is 2.74. The number of nitrogens with zero attached hydrogens (tertiary/aromatic N) is 2. The van der Waals surface area contributed by atoms with E-state index in [1.165, 1.54) is 0 Å². The summed E-state index contributed by atoms with van der Waals surface area (Å²) >= 11 is 0. The van der Waals surface area contributed by atoms with Gasteiger partial charge in [-0.3, -0.25) is 5.10 Å². The third-order valence-electron chi connectivity index (χ3n) is 2.87. The van der Waals surface area contributed by atoms with Crippen LogP contribution in [0.3, 0.4) is 0 Å². The zero-order valence-corrected chi connectivity index (χ0v) is 8.66. The Bertz CT molecular complexity index is 294. The molecule has 1 fully saturated rings. The molecule has 0 aromatic carbocycles. The maximum absolute atomic E-state index is 5.86. The van der Waals surface area contributed by atoms with Crippen LogP contribution in [0, 0.1) is 0 Å². The van der Waals surface area contributed by atoms with Crippen molar-refractivity contribution in [2.24, 2.45) is 5.73 Å². The lowest BCUT2D eigenvalue weighted by molar-refractivity contribution is 0.645. The van der Waals surface area contributed by atoms with Crippen LogP contribution in [-0.4, -0.2) is 21.2 Å². The summed E-state index contributed by atoms with van der Waals surface area (Å²) in [4.78, 5) is 4.49. The molecule has 1 aliphatic carbocycles. The van der Waals surface area contributed by atoms with Gasteiger partial charge in [-0.2, -0.15) is 5.10 Å². The summed E-state index contributed by atoms with van der Waals surface area (Å²) in [6.45, 7) is 2.15. The fourth-order valence-electron chi connectivity index (χ4n) is 2.09. The van der Waals surface area contributed by atoms with Crippen molar-refractivity contribution < 1.29 is 0 Å². The highest BCUT2D eigenvalue weighted by molar-refractivity contribution is 5.02. The minimum absolute atomic E-state index is 0.355. The first-order valence-electron chi connectivity index (χ1n) is 5.46. The highest BCUT2D eigenvalue weighted by atomic mass is 15.2. The van der Waals surface area contributed by atoms with E-state index < -0.39 is 0 Å². The number of hydrogen-bond donors (Lipinski definition) is 2. The fourth-order valence-corrected chi connectivity index (χ4v) is 2.09. The van der Waals surface area contributed by atoms with Gasteiger partial charge in [0.25, 0.3) is 0 Å². The van der Waals surface area contributed by atoms with Crippen molar-refractivity contribution >= 4 is 0 Å². The molecule has 4 heteroatoms. The lowest BCUT2D eigenvalue weighted by atomic mass is 10.1. The van der Waals surface area contributed by atoms with Gasteiger partial charge in [-0.25, -0.2) is 4.98 Å². The molecule has 4 nitrogen and oxygen atoms in total. The second-order valence-corrected chi connectivity index (χ2v) is 4.16. The number of rotatable bonds is 3. The van der Waals surface area contributed by atoms with Crippen LogP contribution < -0.4 is 5.73 Å². The molecule has 14 heavy (non-hydrogen) atoms. The quantitative estimate of drug-likeness (QED) is 0.763. The van der Waals surface area contributed by atoms with Gasteiger partial charge >= 0.3 is 0 Å². The van der Waals surface area contributed by atoms with Crippen molar-refractivity contribution in [2.75, 3.05) is 0 Å². The van der Waals surface area contributed by atoms with Crippen LogP contribution >= 0.6 is 0 Å². The molecule has 2 rings (SSSR count). The van der Waals surface area contributed by atoms with Gasteiger partial charge in [0.05, 0.1) is 0 Å². The van der Waals surface area contributed by atoms with E-state index in [-0.39, 0.29) is 0 Å². The van der Waals surface area contributed by atoms with Crippen molar-refractivity contribution in [3.8, 4) is 0 Å². The molecule has 0 saturated heterocycles. The summed E-state index contributed by atoms with van der Waals surface area (Å²) in [7, 11) is 0. The number of hydrogen-bond acceptors (Lipinski definition) is 3. The Balaban J connectivity index is 2.02. The normalized spacial score (nSPS) is 27.0. The number of aromatic amines is 1. The predicted octanol–water partition coefficient (Wildman–Crippen LogP) is 1.35. The minimum Gasteiger partial charge on any atom is -0.328 e. The van der Waals surface area contributed by atoms with Crippen LogP contribution in [0.2, 0.25) is 0 Å². The van der Waals surface area contributed by atoms with Gasteiger partial charge in [0.1, 0.15) is 5.82 Å². The second-order valence-electron chi connectivity index (χ2n) is 4.16.